The van der Waals surface area contributed by atoms with Crippen LogP contribution in [0.4, 0.5) is 0 Å². The molecule has 0 saturated carbocycles. The number of phenols is 1. The van der Waals surface area contributed by atoms with Crippen molar-refractivity contribution in [1.82, 2.24) is 4.98 Å². The topological polar surface area (TPSA) is 55.5 Å². The first-order valence-corrected chi connectivity index (χ1v) is 8.21. The molecule has 2 aromatic carbocycles. The van der Waals surface area contributed by atoms with E-state index in [-0.39, 0.29) is 5.75 Å². The van der Waals surface area contributed by atoms with E-state index in [1.807, 2.05) is 30.3 Å². The zero-order chi connectivity index (χ0) is 17.1. The largest absolute Gasteiger partial charge is 0.503 e. The van der Waals surface area contributed by atoms with Gasteiger partial charge in [-0.2, -0.15) is 0 Å². The molecule has 1 N–H and O–H groups in total. The number of aromatic hydroxyl groups is 1. The summed E-state index contributed by atoms with van der Waals surface area (Å²) in [5.74, 6) is 1.34. The molecule has 0 aliphatic rings. The van der Waals surface area contributed by atoms with Crippen molar-refractivity contribution in [2.24, 2.45) is 0 Å². The molecule has 3 aromatic rings. The molecule has 0 radical (unpaired) electrons. The summed E-state index contributed by atoms with van der Waals surface area (Å²) >= 11 is 9.59. The maximum atomic E-state index is 9.85. The molecule has 0 amide bonds. The Morgan fingerprint density at radius 3 is 2.75 bits per heavy atom. The van der Waals surface area contributed by atoms with E-state index >= 15 is 0 Å². The van der Waals surface area contributed by atoms with Crippen molar-refractivity contribution in [2.75, 3.05) is 7.11 Å². The number of rotatable bonds is 4. The molecular weight excluding hydrogens is 394 g/mol. The molecule has 0 bridgehead atoms. The highest BCUT2D eigenvalue weighted by molar-refractivity contribution is 9.10. The third-order valence-corrected chi connectivity index (χ3v) is 4.21. The smallest absolute Gasteiger partial charge is 0.238 e. The van der Waals surface area contributed by atoms with Gasteiger partial charge in [-0.3, -0.25) is 0 Å². The van der Waals surface area contributed by atoms with Crippen molar-refractivity contribution in [1.29, 1.82) is 0 Å². The first-order valence-electron chi connectivity index (χ1n) is 7.04. The lowest BCUT2D eigenvalue weighted by atomic mass is 10.2. The maximum Gasteiger partial charge on any atom is 0.238 e. The van der Waals surface area contributed by atoms with Crippen molar-refractivity contribution >= 4 is 38.6 Å². The van der Waals surface area contributed by atoms with Gasteiger partial charge in [-0.25, -0.2) is 4.98 Å². The Morgan fingerprint density at radius 1 is 1.29 bits per heavy atom. The Balaban J connectivity index is 1.92. The molecule has 3 rings (SSSR count). The average Bonchev–Trinajstić information content (AvgIpc) is 3.09. The van der Waals surface area contributed by atoms with Gasteiger partial charge in [0.25, 0.3) is 0 Å². The van der Waals surface area contributed by atoms with Gasteiger partial charge in [0.1, 0.15) is 5.03 Å². The van der Waals surface area contributed by atoms with Crippen molar-refractivity contribution in [3.63, 3.8) is 0 Å². The fourth-order valence-electron chi connectivity index (χ4n) is 2.16. The standard InChI is InChI=1S/C18H13BrClNO3/c1-23-15-9-11(7-13(19)17(15)22)8-14(20)18-21-10-16(24-18)12-5-3-2-4-6-12/h2-10,22H,1H3/b14-8-. The van der Waals surface area contributed by atoms with Crippen LogP contribution in [0, 0.1) is 0 Å². The lowest BCUT2D eigenvalue weighted by molar-refractivity contribution is 0.372. The molecule has 0 unspecified atom stereocenters. The van der Waals surface area contributed by atoms with Gasteiger partial charge in [-0.1, -0.05) is 41.9 Å². The highest BCUT2D eigenvalue weighted by Crippen LogP contribution is 2.36. The monoisotopic (exact) mass is 405 g/mol. The summed E-state index contributed by atoms with van der Waals surface area (Å²) in [6.45, 7) is 0. The van der Waals surface area contributed by atoms with Crippen molar-refractivity contribution in [2.45, 2.75) is 0 Å². The van der Waals surface area contributed by atoms with Gasteiger partial charge < -0.3 is 14.3 Å². The van der Waals surface area contributed by atoms with E-state index in [1.54, 1.807) is 24.4 Å². The number of methoxy groups -OCH3 is 1. The molecule has 0 aliphatic heterocycles. The second-order valence-electron chi connectivity index (χ2n) is 4.94. The van der Waals surface area contributed by atoms with Crippen LogP contribution in [0.1, 0.15) is 11.5 Å². The molecule has 0 atom stereocenters. The molecule has 0 saturated heterocycles. The second-order valence-corrected chi connectivity index (χ2v) is 6.20. The molecule has 6 heteroatoms. The van der Waals surface area contributed by atoms with Crippen LogP contribution in [0.5, 0.6) is 11.5 Å². The van der Waals surface area contributed by atoms with E-state index in [0.29, 0.717) is 26.9 Å². The summed E-state index contributed by atoms with van der Waals surface area (Å²) in [4.78, 5) is 4.21. The van der Waals surface area contributed by atoms with Gasteiger partial charge >= 0.3 is 0 Å². The number of ether oxygens (including phenoxy) is 1. The van der Waals surface area contributed by atoms with Gasteiger partial charge in [-0.15, -0.1) is 0 Å². The molecule has 0 aliphatic carbocycles. The summed E-state index contributed by atoms with van der Waals surface area (Å²) in [7, 11) is 1.48. The number of benzene rings is 2. The van der Waals surface area contributed by atoms with Crippen molar-refractivity contribution in [3.05, 3.63) is 64.6 Å². The lowest BCUT2D eigenvalue weighted by Gasteiger charge is -2.06. The minimum atomic E-state index is 0.0354. The highest BCUT2D eigenvalue weighted by atomic mass is 79.9. The Bertz CT molecular complexity index is 891. The van der Waals surface area contributed by atoms with Gasteiger partial charge in [0.2, 0.25) is 5.89 Å². The molecule has 1 aromatic heterocycles. The van der Waals surface area contributed by atoms with Crippen LogP contribution >= 0.6 is 27.5 Å². The minimum absolute atomic E-state index is 0.0354. The van der Waals surface area contributed by atoms with Crippen LogP contribution in [-0.2, 0) is 0 Å². The molecule has 4 nitrogen and oxygen atoms in total. The Labute approximate surface area is 152 Å². The molecule has 1 heterocycles. The van der Waals surface area contributed by atoms with E-state index in [9.17, 15) is 5.11 Å². The van der Waals surface area contributed by atoms with E-state index in [1.165, 1.54) is 7.11 Å². The fourth-order valence-corrected chi connectivity index (χ4v) is 2.83. The number of aromatic nitrogens is 1. The molecule has 122 valence electrons. The quantitative estimate of drug-likeness (QED) is 0.617. The van der Waals surface area contributed by atoms with Crippen LogP contribution in [0.3, 0.4) is 0 Å². The summed E-state index contributed by atoms with van der Waals surface area (Å²) in [5, 5.41) is 10.2. The SMILES string of the molecule is COc1cc(/C=C(\Cl)c2ncc(-c3ccccc3)o2)cc(Br)c1O. The van der Waals surface area contributed by atoms with Crippen molar-refractivity contribution in [3.8, 4) is 22.8 Å². The minimum Gasteiger partial charge on any atom is -0.503 e. The zero-order valence-electron chi connectivity index (χ0n) is 12.7. The van der Waals surface area contributed by atoms with E-state index < -0.39 is 0 Å². The number of hydrogen-bond donors (Lipinski definition) is 1. The maximum absolute atomic E-state index is 9.85. The van der Waals surface area contributed by atoms with Gasteiger partial charge in [0, 0.05) is 5.56 Å². The van der Waals surface area contributed by atoms with Crippen LogP contribution < -0.4 is 4.74 Å². The summed E-state index contributed by atoms with van der Waals surface area (Å²) in [5.41, 5.74) is 1.66. The predicted octanol–water partition coefficient (Wildman–Crippen LogP) is 5.56. The van der Waals surface area contributed by atoms with E-state index in [0.717, 1.165) is 11.1 Å². The third-order valence-electron chi connectivity index (χ3n) is 3.33. The zero-order valence-corrected chi connectivity index (χ0v) is 15.0. The van der Waals surface area contributed by atoms with E-state index in [4.69, 9.17) is 20.8 Å². The van der Waals surface area contributed by atoms with Crippen LogP contribution in [0.15, 0.2) is 57.6 Å². The van der Waals surface area contributed by atoms with Crippen LogP contribution in [-0.4, -0.2) is 17.2 Å². The molecule has 0 fully saturated rings. The number of nitrogens with zero attached hydrogens (tertiary/aromatic N) is 1. The first-order chi connectivity index (χ1) is 11.6. The Hall–Kier alpha value is -2.24. The molecule has 0 spiro atoms. The first kappa shape index (κ1) is 16.6. The summed E-state index contributed by atoms with van der Waals surface area (Å²) < 4.78 is 11.3. The summed E-state index contributed by atoms with van der Waals surface area (Å²) in [6, 6.07) is 13.0. The fraction of sp³-hybridized carbons (Fsp3) is 0.0556. The van der Waals surface area contributed by atoms with Crippen LogP contribution in [0.2, 0.25) is 0 Å². The van der Waals surface area contributed by atoms with Gasteiger partial charge in [0.15, 0.2) is 17.3 Å². The van der Waals surface area contributed by atoms with Gasteiger partial charge in [-0.05, 0) is 39.7 Å². The lowest BCUT2D eigenvalue weighted by Crippen LogP contribution is -1.86. The number of oxazole rings is 1. The summed E-state index contributed by atoms with van der Waals surface area (Å²) in [6.07, 6.45) is 3.32. The Morgan fingerprint density at radius 2 is 2.04 bits per heavy atom. The third kappa shape index (κ3) is 3.47. The average molecular weight is 407 g/mol. The van der Waals surface area contributed by atoms with Crippen LogP contribution in [0.25, 0.3) is 22.4 Å². The van der Waals surface area contributed by atoms with Crippen molar-refractivity contribution < 1.29 is 14.3 Å². The second kappa shape index (κ2) is 7.11. The number of phenolic OH excluding ortho intramolecular Hbond substituents is 1. The molecular formula is C18H13BrClNO3. The molecule has 24 heavy (non-hydrogen) atoms. The Kier molecular flexibility index (Phi) is 4.92. The normalized spacial score (nSPS) is 11.5. The predicted molar refractivity (Wildman–Crippen MR) is 98.0 cm³/mol. The highest BCUT2D eigenvalue weighted by Gasteiger charge is 2.11. The van der Waals surface area contributed by atoms with E-state index in [2.05, 4.69) is 20.9 Å². The number of hydrogen-bond acceptors (Lipinski definition) is 4. The number of halogens is 2. The van der Waals surface area contributed by atoms with Gasteiger partial charge in [0.05, 0.1) is 17.8 Å².